The van der Waals surface area contributed by atoms with Crippen molar-refractivity contribution in [2.75, 3.05) is 0 Å². The van der Waals surface area contributed by atoms with Gasteiger partial charge in [0, 0.05) is 4.90 Å². The van der Waals surface area contributed by atoms with Gasteiger partial charge in [0.05, 0.1) is 11.3 Å². The lowest BCUT2D eigenvalue weighted by molar-refractivity contribution is 0.871. The Hall–Kier alpha value is -1.86. The predicted molar refractivity (Wildman–Crippen MR) is 78.8 cm³/mol. The molecule has 0 saturated carbocycles. The van der Waals surface area contributed by atoms with Crippen molar-refractivity contribution in [2.45, 2.75) is 43.0 Å². The molecule has 0 atom stereocenters. The number of fused-ring (bicyclic) bond motifs is 1. The Kier molecular flexibility index (Phi) is 3.45. The summed E-state index contributed by atoms with van der Waals surface area (Å²) < 4.78 is 0. The summed E-state index contributed by atoms with van der Waals surface area (Å²) in [5.41, 5.74) is 5.28. The quantitative estimate of drug-likeness (QED) is 0.844. The number of nitrogens with zero attached hydrogens (tertiary/aromatic N) is 3. The minimum atomic E-state index is 0.642. The van der Waals surface area contributed by atoms with Crippen LogP contribution in [0.3, 0.4) is 0 Å². The standard InChI is InChI=1S/C16H15N3S/c1-10-11(2)18-19-16(15(10)9-17)20-14-7-6-12-4-3-5-13(12)8-14/h6-8H,3-5H2,1-2H3. The molecule has 1 aromatic carbocycles. The molecule has 0 amide bonds. The fourth-order valence-corrected chi connectivity index (χ4v) is 3.46. The van der Waals surface area contributed by atoms with E-state index in [4.69, 9.17) is 0 Å². The van der Waals surface area contributed by atoms with E-state index in [2.05, 4.69) is 34.5 Å². The number of nitriles is 1. The Labute approximate surface area is 123 Å². The lowest BCUT2D eigenvalue weighted by atomic mass is 10.1. The molecule has 0 aliphatic heterocycles. The number of aryl methyl sites for hydroxylation is 3. The molecular weight excluding hydrogens is 266 g/mol. The fourth-order valence-electron chi connectivity index (χ4n) is 2.51. The SMILES string of the molecule is Cc1nnc(Sc2ccc3c(c2)CCC3)c(C#N)c1C. The summed E-state index contributed by atoms with van der Waals surface area (Å²) in [5.74, 6) is 0. The van der Waals surface area contributed by atoms with E-state index in [1.165, 1.54) is 35.7 Å². The smallest absolute Gasteiger partial charge is 0.142 e. The molecule has 3 rings (SSSR count). The summed E-state index contributed by atoms with van der Waals surface area (Å²) >= 11 is 1.53. The van der Waals surface area contributed by atoms with E-state index >= 15 is 0 Å². The van der Waals surface area contributed by atoms with Crippen LogP contribution in [0.2, 0.25) is 0 Å². The second kappa shape index (κ2) is 5.26. The zero-order chi connectivity index (χ0) is 14.1. The first kappa shape index (κ1) is 13.1. The highest BCUT2D eigenvalue weighted by Crippen LogP contribution is 2.33. The van der Waals surface area contributed by atoms with Crippen molar-refractivity contribution in [1.29, 1.82) is 5.26 Å². The van der Waals surface area contributed by atoms with Gasteiger partial charge in [0.1, 0.15) is 11.1 Å². The van der Waals surface area contributed by atoms with Crippen molar-refractivity contribution in [3.8, 4) is 6.07 Å². The zero-order valence-corrected chi connectivity index (χ0v) is 12.4. The van der Waals surface area contributed by atoms with Crippen molar-refractivity contribution in [1.82, 2.24) is 10.2 Å². The molecule has 0 spiro atoms. The van der Waals surface area contributed by atoms with Crippen LogP contribution in [-0.4, -0.2) is 10.2 Å². The number of benzene rings is 1. The lowest BCUT2D eigenvalue weighted by Gasteiger charge is -2.08. The van der Waals surface area contributed by atoms with E-state index in [9.17, 15) is 5.26 Å². The van der Waals surface area contributed by atoms with Gasteiger partial charge in [0.2, 0.25) is 0 Å². The second-order valence-electron chi connectivity index (χ2n) is 5.09. The molecule has 0 radical (unpaired) electrons. The van der Waals surface area contributed by atoms with Crippen LogP contribution >= 0.6 is 11.8 Å². The first-order valence-corrected chi connectivity index (χ1v) is 7.54. The van der Waals surface area contributed by atoms with Gasteiger partial charge in [-0.3, -0.25) is 0 Å². The molecule has 2 aromatic rings. The highest BCUT2D eigenvalue weighted by Gasteiger charge is 2.15. The molecule has 3 nitrogen and oxygen atoms in total. The zero-order valence-electron chi connectivity index (χ0n) is 11.6. The van der Waals surface area contributed by atoms with E-state index < -0.39 is 0 Å². The Morgan fingerprint density at radius 3 is 2.75 bits per heavy atom. The van der Waals surface area contributed by atoms with Crippen LogP contribution in [0.15, 0.2) is 28.1 Å². The summed E-state index contributed by atoms with van der Waals surface area (Å²) in [6.45, 7) is 3.81. The topological polar surface area (TPSA) is 49.6 Å². The van der Waals surface area contributed by atoms with Crippen LogP contribution in [-0.2, 0) is 12.8 Å². The van der Waals surface area contributed by atoms with Gasteiger partial charge in [0.15, 0.2) is 0 Å². The van der Waals surface area contributed by atoms with Gasteiger partial charge in [-0.2, -0.15) is 10.4 Å². The molecule has 1 heterocycles. The molecule has 1 aliphatic rings. The van der Waals surface area contributed by atoms with Crippen molar-refractivity contribution >= 4 is 11.8 Å². The molecule has 0 bridgehead atoms. The molecule has 0 N–H and O–H groups in total. The van der Waals surface area contributed by atoms with E-state index in [0.29, 0.717) is 10.6 Å². The number of hydrogen-bond acceptors (Lipinski definition) is 4. The Morgan fingerprint density at radius 1 is 1.15 bits per heavy atom. The first-order chi connectivity index (χ1) is 9.69. The van der Waals surface area contributed by atoms with Crippen LogP contribution < -0.4 is 0 Å². The van der Waals surface area contributed by atoms with Gasteiger partial charge >= 0.3 is 0 Å². The summed E-state index contributed by atoms with van der Waals surface area (Å²) in [7, 11) is 0. The largest absolute Gasteiger partial charge is 0.192 e. The lowest BCUT2D eigenvalue weighted by Crippen LogP contribution is -1.98. The van der Waals surface area contributed by atoms with Gasteiger partial charge in [-0.05, 0) is 61.9 Å². The maximum atomic E-state index is 9.33. The Bertz CT molecular complexity index is 716. The van der Waals surface area contributed by atoms with Crippen LogP contribution in [0.25, 0.3) is 0 Å². The second-order valence-corrected chi connectivity index (χ2v) is 6.15. The summed E-state index contributed by atoms with van der Waals surface area (Å²) in [6.07, 6.45) is 3.59. The average molecular weight is 281 g/mol. The third-order valence-electron chi connectivity index (χ3n) is 3.82. The minimum Gasteiger partial charge on any atom is -0.192 e. The van der Waals surface area contributed by atoms with Crippen LogP contribution in [0.5, 0.6) is 0 Å². The molecule has 0 unspecified atom stereocenters. The maximum absolute atomic E-state index is 9.33. The number of hydrogen-bond donors (Lipinski definition) is 0. The normalized spacial score (nSPS) is 13.1. The van der Waals surface area contributed by atoms with Crippen molar-refractivity contribution in [2.24, 2.45) is 0 Å². The van der Waals surface area contributed by atoms with Crippen molar-refractivity contribution in [3.05, 3.63) is 46.1 Å². The predicted octanol–water partition coefficient (Wildman–Crippen LogP) is 3.61. The maximum Gasteiger partial charge on any atom is 0.142 e. The molecule has 20 heavy (non-hydrogen) atoms. The minimum absolute atomic E-state index is 0.642. The Morgan fingerprint density at radius 2 is 1.95 bits per heavy atom. The van der Waals surface area contributed by atoms with Crippen LogP contribution in [0.1, 0.15) is 34.4 Å². The Balaban J connectivity index is 1.96. The highest BCUT2D eigenvalue weighted by atomic mass is 32.2. The average Bonchev–Trinajstić information content (AvgIpc) is 2.91. The molecule has 1 aromatic heterocycles. The van der Waals surface area contributed by atoms with E-state index in [1.54, 1.807) is 0 Å². The fraction of sp³-hybridized carbons (Fsp3) is 0.312. The first-order valence-electron chi connectivity index (χ1n) is 6.72. The van der Waals surface area contributed by atoms with Gasteiger partial charge in [0.25, 0.3) is 0 Å². The summed E-state index contributed by atoms with van der Waals surface area (Å²) in [4.78, 5) is 1.14. The van der Waals surface area contributed by atoms with Gasteiger partial charge < -0.3 is 0 Å². The van der Waals surface area contributed by atoms with Crippen molar-refractivity contribution in [3.63, 3.8) is 0 Å². The van der Waals surface area contributed by atoms with E-state index in [-0.39, 0.29) is 0 Å². The van der Waals surface area contributed by atoms with Gasteiger partial charge in [-0.15, -0.1) is 5.10 Å². The summed E-state index contributed by atoms with van der Waals surface area (Å²) in [6, 6.07) is 8.80. The number of rotatable bonds is 2. The number of aromatic nitrogens is 2. The van der Waals surface area contributed by atoms with E-state index in [0.717, 1.165) is 22.6 Å². The monoisotopic (exact) mass is 281 g/mol. The third-order valence-corrected chi connectivity index (χ3v) is 4.79. The van der Waals surface area contributed by atoms with Crippen LogP contribution in [0.4, 0.5) is 0 Å². The van der Waals surface area contributed by atoms with Gasteiger partial charge in [-0.25, -0.2) is 0 Å². The molecule has 1 aliphatic carbocycles. The van der Waals surface area contributed by atoms with E-state index in [1.807, 2.05) is 13.8 Å². The van der Waals surface area contributed by atoms with Crippen LogP contribution in [0, 0.1) is 25.2 Å². The van der Waals surface area contributed by atoms with Crippen molar-refractivity contribution < 1.29 is 0 Å². The molecule has 100 valence electrons. The third kappa shape index (κ3) is 2.30. The highest BCUT2D eigenvalue weighted by molar-refractivity contribution is 7.99. The summed E-state index contributed by atoms with van der Waals surface area (Å²) in [5, 5.41) is 18.4. The van der Waals surface area contributed by atoms with Gasteiger partial charge in [-0.1, -0.05) is 17.8 Å². The molecule has 0 saturated heterocycles. The molecular formula is C16H15N3S. The molecule has 0 fully saturated rings. The molecule has 4 heteroatoms.